The average molecular weight is 422 g/mol. The first-order valence-electron chi connectivity index (χ1n) is 11.4. The number of rotatable bonds is 11. The van der Waals surface area contributed by atoms with Crippen molar-refractivity contribution in [3.63, 3.8) is 0 Å². The highest BCUT2D eigenvalue weighted by Crippen LogP contribution is 2.33. The third-order valence-corrected chi connectivity index (χ3v) is 6.51. The van der Waals surface area contributed by atoms with Gasteiger partial charge >= 0.3 is 0 Å². The van der Waals surface area contributed by atoms with Crippen LogP contribution in [0.25, 0.3) is 10.9 Å². The van der Waals surface area contributed by atoms with Crippen LogP contribution in [-0.4, -0.2) is 4.98 Å². The second kappa shape index (κ2) is 12.7. The van der Waals surface area contributed by atoms with Crippen molar-refractivity contribution in [3.05, 3.63) is 40.0 Å². The Morgan fingerprint density at radius 3 is 2.21 bits per heavy atom. The molecule has 1 aromatic carbocycles. The number of nitrogens with zero attached hydrogens (tertiary/aromatic N) is 1. The van der Waals surface area contributed by atoms with E-state index in [1.165, 1.54) is 106 Å². The van der Waals surface area contributed by atoms with Crippen LogP contribution in [0.1, 0.15) is 101 Å². The number of aromatic nitrogens is 1. The molecule has 3 heteroatoms. The van der Waals surface area contributed by atoms with Crippen LogP contribution in [0.15, 0.2) is 18.2 Å². The third-order valence-electron chi connectivity index (χ3n) is 6.08. The summed E-state index contributed by atoms with van der Waals surface area (Å²) in [6, 6.07) is 6.74. The topological polar surface area (TPSA) is 12.9 Å². The van der Waals surface area contributed by atoms with Crippen molar-refractivity contribution >= 4 is 34.9 Å². The molecule has 2 aromatic rings. The van der Waals surface area contributed by atoms with E-state index in [-0.39, 0.29) is 12.4 Å². The van der Waals surface area contributed by atoms with Gasteiger partial charge in [0.25, 0.3) is 0 Å². The van der Waals surface area contributed by atoms with Crippen LogP contribution in [0.5, 0.6) is 0 Å². The maximum absolute atomic E-state index is 6.76. The molecule has 0 atom stereocenters. The quantitative estimate of drug-likeness (QED) is 0.330. The van der Waals surface area contributed by atoms with Crippen LogP contribution in [0.2, 0.25) is 5.02 Å². The molecule has 0 amide bonds. The summed E-state index contributed by atoms with van der Waals surface area (Å²) in [7, 11) is 0. The average Bonchev–Trinajstić information content (AvgIpc) is 2.70. The summed E-state index contributed by atoms with van der Waals surface area (Å²) in [6.07, 6.45) is 19.8. The molecule has 1 nitrogen and oxygen atoms in total. The summed E-state index contributed by atoms with van der Waals surface area (Å²) in [5.74, 6) is 0. The molecule has 0 saturated heterocycles. The van der Waals surface area contributed by atoms with E-state index < -0.39 is 0 Å². The first kappa shape index (κ1) is 23.5. The van der Waals surface area contributed by atoms with Gasteiger partial charge in [-0.15, -0.1) is 12.4 Å². The Morgan fingerprint density at radius 2 is 1.50 bits per heavy atom. The van der Waals surface area contributed by atoms with Gasteiger partial charge in [-0.25, -0.2) is 0 Å². The van der Waals surface area contributed by atoms with Gasteiger partial charge in [-0.2, -0.15) is 0 Å². The van der Waals surface area contributed by atoms with Gasteiger partial charge in [0, 0.05) is 11.1 Å². The molecule has 156 valence electrons. The minimum atomic E-state index is 0. The maximum atomic E-state index is 6.76. The fourth-order valence-corrected chi connectivity index (χ4v) is 4.74. The zero-order chi connectivity index (χ0) is 18.9. The van der Waals surface area contributed by atoms with Crippen LogP contribution >= 0.6 is 24.0 Å². The van der Waals surface area contributed by atoms with E-state index in [0.29, 0.717) is 0 Å². The van der Waals surface area contributed by atoms with Gasteiger partial charge in [-0.3, -0.25) is 4.98 Å². The second-order valence-electron chi connectivity index (χ2n) is 8.34. The van der Waals surface area contributed by atoms with Crippen LogP contribution < -0.4 is 0 Å². The van der Waals surface area contributed by atoms with Gasteiger partial charge < -0.3 is 0 Å². The fourth-order valence-electron chi connectivity index (χ4n) is 4.39. The molecule has 1 heterocycles. The van der Waals surface area contributed by atoms with Crippen LogP contribution in [0, 0.1) is 0 Å². The molecule has 1 aromatic heterocycles. The molecule has 1 aliphatic carbocycles. The molecule has 0 unspecified atom stereocenters. The molecule has 0 bridgehead atoms. The number of pyridine rings is 1. The molecular weight excluding hydrogens is 385 g/mol. The molecular formula is C25H37Cl2N. The Balaban J connectivity index is 0.00000280. The summed E-state index contributed by atoms with van der Waals surface area (Å²) in [5, 5.41) is 2.14. The maximum Gasteiger partial charge on any atom is 0.0720 e. The molecule has 3 rings (SSSR count). The number of halogens is 2. The van der Waals surface area contributed by atoms with Crippen molar-refractivity contribution in [3.8, 4) is 0 Å². The highest BCUT2D eigenvalue weighted by molar-refractivity contribution is 6.36. The van der Waals surface area contributed by atoms with Gasteiger partial charge in [-0.05, 0) is 61.8 Å². The van der Waals surface area contributed by atoms with Gasteiger partial charge in [0.15, 0.2) is 0 Å². The number of unbranched alkanes of at least 4 members (excludes halogenated alkanes) is 9. The van der Waals surface area contributed by atoms with E-state index in [1.54, 1.807) is 0 Å². The van der Waals surface area contributed by atoms with E-state index in [2.05, 4.69) is 25.1 Å². The molecule has 0 aliphatic heterocycles. The van der Waals surface area contributed by atoms with Crippen molar-refractivity contribution in [1.29, 1.82) is 0 Å². The smallest absolute Gasteiger partial charge is 0.0720 e. The molecule has 0 radical (unpaired) electrons. The van der Waals surface area contributed by atoms with E-state index in [0.717, 1.165) is 23.4 Å². The highest BCUT2D eigenvalue weighted by atomic mass is 35.5. The zero-order valence-corrected chi connectivity index (χ0v) is 19.1. The summed E-state index contributed by atoms with van der Waals surface area (Å²) < 4.78 is 0. The van der Waals surface area contributed by atoms with Crippen LogP contribution in [-0.2, 0) is 19.3 Å². The number of benzene rings is 1. The van der Waals surface area contributed by atoms with Gasteiger partial charge in [0.1, 0.15) is 0 Å². The standard InChI is InChI=1S/C25H36ClN.ClH/c1-2-3-4-5-6-7-8-9-10-11-14-20-17-18-24-22(19-20)25(26)21-15-12-13-16-23(21)27-24;/h17-19H,2-16H2,1H3;1H. The van der Waals surface area contributed by atoms with Gasteiger partial charge in [-0.1, -0.05) is 82.4 Å². The Bertz CT molecular complexity index is 726. The van der Waals surface area contributed by atoms with Crippen LogP contribution in [0.3, 0.4) is 0 Å². The largest absolute Gasteiger partial charge is 0.252 e. The molecule has 0 saturated carbocycles. The van der Waals surface area contributed by atoms with E-state index >= 15 is 0 Å². The number of fused-ring (bicyclic) bond motifs is 2. The molecule has 1 aliphatic rings. The van der Waals surface area contributed by atoms with E-state index in [9.17, 15) is 0 Å². The predicted molar refractivity (Wildman–Crippen MR) is 126 cm³/mol. The lowest BCUT2D eigenvalue weighted by atomic mass is 9.94. The fraction of sp³-hybridized carbons (Fsp3) is 0.640. The summed E-state index contributed by atoms with van der Waals surface area (Å²) in [5.41, 5.74) is 5.04. The first-order valence-corrected chi connectivity index (χ1v) is 11.8. The number of hydrogen-bond donors (Lipinski definition) is 0. The lowest BCUT2D eigenvalue weighted by molar-refractivity contribution is 0.556. The Hall–Kier alpha value is -0.790. The molecule has 0 spiro atoms. The number of aryl methyl sites for hydroxylation is 2. The molecule has 28 heavy (non-hydrogen) atoms. The Morgan fingerprint density at radius 1 is 0.857 bits per heavy atom. The van der Waals surface area contributed by atoms with Crippen molar-refractivity contribution in [2.24, 2.45) is 0 Å². The van der Waals surface area contributed by atoms with Crippen molar-refractivity contribution < 1.29 is 0 Å². The SMILES string of the molecule is CCCCCCCCCCCCc1ccc2nc3c(c(Cl)c2c1)CCCC3.Cl. The van der Waals surface area contributed by atoms with E-state index in [1.807, 2.05) is 0 Å². The van der Waals surface area contributed by atoms with Crippen molar-refractivity contribution in [2.75, 3.05) is 0 Å². The Labute approximate surface area is 183 Å². The zero-order valence-electron chi connectivity index (χ0n) is 17.6. The minimum absolute atomic E-state index is 0. The minimum Gasteiger partial charge on any atom is -0.252 e. The molecule has 0 N–H and O–H groups in total. The lowest BCUT2D eigenvalue weighted by Crippen LogP contribution is -2.06. The summed E-state index contributed by atoms with van der Waals surface area (Å²) in [4.78, 5) is 4.89. The lowest BCUT2D eigenvalue weighted by Gasteiger charge is -2.18. The first-order chi connectivity index (χ1) is 13.3. The summed E-state index contributed by atoms with van der Waals surface area (Å²) >= 11 is 6.76. The van der Waals surface area contributed by atoms with Crippen molar-refractivity contribution in [1.82, 2.24) is 4.98 Å². The number of hydrogen-bond acceptors (Lipinski definition) is 1. The third kappa shape index (κ3) is 6.63. The van der Waals surface area contributed by atoms with Gasteiger partial charge in [0.05, 0.1) is 10.5 Å². The molecule has 0 fully saturated rings. The second-order valence-corrected chi connectivity index (χ2v) is 8.72. The Kier molecular flexibility index (Phi) is 10.7. The predicted octanol–water partition coefficient (Wildman–Crippen LogP) is 8.65. The highest BCUT2D eigenvalue weighted by Gasteiger charge is 2.17. The van der Waals surface area contributed by atoms with Crippen molar-refractivity contribution in [2.45, 2.75) is 103 Å². The van der Waals surface area contributed by atoms with Crippen LogP contribution in [0.4, 0.5) is 0 Å². The monoisotopic (exact) mass is 421 g/mol. The summed E-state index contributed by atoms with van der Waals surface area (Å²) in [6.45, 7) is 2.29. The van der Waals surface area contributed by atoms with Gasteiger partial charge in [0.2, 0.25) is 0 Å². The van der Waals surface area contributed by atoms with E-state index in [4.69, 9.17) is 16.6 Å². The normalized spacial score (nSPS) is 13.4.